The molecule has 1 unspecified atom stereocenters. The number of hydrogen-bond donors (Lipinski definition) is 2. The molecule has 0 aliphatic heterocycles. The first kappa shape index (κ1) is 21.4. The minimum atomic E-state index is -0.758. The van der Waals surface area contributed by atoms with Gasteiger partial charge in [-0.2, -0.15) is 0 Å². The highest BCUT2D eigenvalue weighted by Crippen LogP contribution is 2.13. The molecule has 23 heavy (non-hydrogen) atoms. The van der Waals surface area contributed by atoms with Crippen LogP contribution in [0.3, 0.4) is 0 Å². The van der Waals surface area contributed by atoms with E-state index in [9.17, 15) is 9.59 Å². The van der Waals surface area contributed by atoms with Gasteiger partial charge in [0.2, 0.25) is 11.8 Å². The van der Waals surface area contributed by atoms with Crippen molar-refractivity contribution >= 4 is 24.2 Å². The molecular weight excluding hydrogens is 318 g/mol. The van der Waals surface area contributed by atoms with Gasteiger partial charge in [0, 0.05) is 27.3 Å². The summed E-state index contributed by atoms with van der Waals surface area (Å²) in [6.07, 6.45) is 0.739. The lowest BCUT2D eigenvalue weighted by Crippen LogP contribution is -2.42. The number of carbonyl (C=O) groups excluding carboxylic acids is 2. The van der Waals surface area contributed by atoms with E-state index in [-0.39, 0.29) is 30.8 Å². The normalized spacial score (nSPS) is 11.3. The average Bonchev–Trinajstić information content (AvgIpc) is 2.50. The maximum atomic E-state index is 12.2. The van der Waals surface area contributed by atoms with Gasteiger partial charge in [0.25, 0.3) is 0 Å². The van der Waals surface area contributed by atoms with Crippen LogP contribution < -0.4 is 11.1 Å². The molecule has 0 fully saturated rings. The average molecular weight is 344 g/mol. The highest BCUT2D eigenvalue weighted by Gasteiger charge is 2.21. The summed E-state index contributed by atoms with van der Waals surface area (Å²) in [6, 6.07) is 6.72. The molecule has 0 radical (unpaired) electrons. The number of likely N-dealkylation sites (N-methyl/N-ethyl adjacent to an activating group) is 1. The molecule has 3 N–H and O–H groups in total. The number of carbonyl (C=O) groups is 2. The van der Waals surface area contributed by atoms with Crippen LogP contribution in [0.5, 0.6) is 0 Å². The molecule has 0 bridgehead atoms. The molecule has 0 saturated heterocycles. The zero-order chi connectivity index (χ0) is 16.5. The standard InChI is InChI=1S/C16H25N3O3.ClH/c1-12-5-7-13(8-6-12)15(17)16(21)19(2)11-14(20)18-9-4-10-22-3;/h5-8,15H,4,9-11,17H2,1-3H3,(H,18,20);1H. The minimum Gasteiger partial charge on any atom is -0.385 e. The van der Waals surface area contributed by atoms with Gasteiger partial charge in [0.1, 0.15) is 6.04 Å². The lowest BCUT2D eigenvalue weighted by atomic mass is 10.0. The van der Waals surface area contributed by atoms with Crippen LogP contribution in [0.15, 0.2) is 24.3 Å². The molecule has 130 valence electrons. The van der Waals surface area contributed by atoms with E-state index < -0.39 is 6.04 Å². The van der Waals surface area contributed by atoms with E-state index in [1.54, 1.807) is 14.2 Å². The Morgan fingerprint density at radius 1 is 1.30 bits per heavy atom. The van der Waals surface area contributed by atoms with Crippen molar-refractivity contribution in [3.05, 3.63) is 35.4 Å². The Labute approximate surface area is 143 Å². The van der Waals surface area contributed by atoms with E-state index in [1.807, 2.05) is 31.2 Å². The summed E-state index contributed by atoms with van der Waals surface area (Å²) in [5, 5.41) is 2.74. The van der Waals surface area contributed by atoms with Gasteiger partial charge in [0.05, 0.1) is 6.54 Å². The number of halogens is 1. The van der Waals surface area contributed by atoms with Crippen LogP contribution in [0, 0.1) is 6.92 Å². The fourth-order valence-electron chi connectivity index (χ4n) is 1.95. The largest absolute Gasteiger partial charge is 0.385 e. The van der Waals surface area contributed by atoms with Crippen molar-refractivity contribution < 1.29 is 14.3 Å². The van der Waals surface area contributed by atoms with Gasteiger partial charge in [-0.1, -0.05) is 29.8 Å². The van der Waals surface area contributed by atoms with Crippen molar-refractivity contribution in [3.8, 4) is 0 Å². The monoisotopic (exact) mass is 343 g/mol. The van der Waals surface area contributed by atoms with E-state index in [2.05, 4.69) is 5.32 Å². The third-order valence-electron chi connectivity index (χ3n) is 3.31. The van der Waals surface area contributed by atoms with Crippen molar-refractivity contribution in [2.24, 2.45) is 5.73 Å². The number of rotatable bonds is 8. The van der Waals surface area contributed by atoms with E-state index >= 15 is 0 Å². The van der Waals surface area contributed by atoms with Crippen LogP contribution >= 0.6 is 12.4 Å². The molecule has 0 aliphatic rings. The van der Waals surface area contributed by atoms with Gasteiger partial charge in [-0.05, 0) is 18.9 Å². The van der Waals surface area contributed by atoms with Gasteiger partial charge in [-0.3, -0.25) is 9.59 Å². The predicted octanol–water partition coefficient (Wildman–Crippen LogP) is 1.03. The lowest BCUT2D eigenvalue weighted by Gasteiger charge is -2.21. The molecule has 0 aromatic heterocycles. The predicted molar refractivity (Wildman–Crippen MR) is 92.5 cm³/mol. The van der Waals surface area contributed by atoms with Gasteiger partial charge < -0.3 is 20.7 Å². The van der Waals surface area contributed by atoms with Crippen molar-refractivity contribution in [1.29, 1.82) is 0 Å². The zero-order valence-corrected chi connectivity index (χ0v) is 14.7. The third-order valence-corrected chi connectivity index (χ3v) is 3.31. The molecule has 0 spiro atoms. The smallest absolute Gasteiger partial charge is 0.244 e. The number of methoxy groups -OCH3 is 1. The molecule has 0 aliphatic carbocycles. The fourth-order valence-corrected chi connectivity index (χ4v) is 1.95. The summed E-state index contributed by atoms with van der Waals surface area (Å²) < 4.78 is 4.90. The number of hydrogen-bond acceptors (Lipinski definition) is 4. The van der Waals surface area contributed by atoms with Crippen molar-refractivity contribution in [1.82, 2.24) is 10.2 Å². The first-order valence-corrected chi connectivity index (χ1v) is 7.28. The Morgan fingerprint density at radius 3 is 2.48 bits per heavy atom. The molecule has 0 saturated carbocycles. The maximum Gasteiger partial charge on any atom is 0.244 e. The highest BCUT2D eigenvalue weighted by molar-refractivity contribution is 5.87. The molecule has 1 atom stereocenters. The number of ether oxygens (including phenoxy) is 1. The van der Waals surface area contributed by atoms with Gasteiger partial charge in [-0.25, -0.2) is 0 Å². The second-order valence-corrected chi connectivity index (χ2v) is 5.28. The highest BCUT2D eigenvalue weighted by atomic mass is 35.5. The van der Waals surface area contributed by atoms with Crippen LogP contribution in [-0.4, -0.2) is 50.6 Å². The number of nitrogens with one attached hydrogen (secondary N) is 1. The Balaban J connectivity index is 0.00000484. The van der Waals surface area contributed by atoms with Gasteiger partial charge in [-0.15, -0.1) is 12.4 Å². The zero-order valence-electron chi connectivity index (χ0n) is 13.9. The summed E-state index contributed by atoms with van der Waals surface area (Å²) in [6.45, 7) is 3.08. The SMILES string of the molecule is COCCCNC(=O)CN(C)C(=O)C(N)c1ccc(C)cc1.Cl. The molecular formula is C16H26ClN3O3. The van der Waals surface area contributed by atoms with Crippen molar-refractivity contribution in [2.45, 2.75) is 19.4 Å². The van der Waals surface area contributed by atoms with E-state index in [0.717, 1.165) is 17.5 Å². The Hall–Kier alpha value is -1.63. The van der Waals surface area contributed by atoms with Crippen LogP contribution in [0.4, 0.5) is 0 Å². The summed E-state index contributed by atoms with van der Waals surface area (Å²) >= 11 is 0. The lowest BCUT2D eigenvalue weighted by molar-refractivity contribution is -0.135. The van der Waals surface area contributed by atoms with Crippen LogP contribution in [0.1, 0.15) is 23.6 Å². The van der Waals surface area contributed by atoms with Crippen LogP contribution in [0.2, 0.25) is 0 Å². The van der Waals surface area contributed by atoms with E-state index in [4.69, 9.17) is 10.5 Å². The Morgan fingerprint density at radius 2 is 1.91 bits per heavy atom. The van der Waals surface area contributed by atoms with Crippen LogP contribution in [-0.2, 0) is 14.3 Å². The molecule has 7 heteroatoms. The molecule has 0 heterocycles. The Kier molecular flexibility index (Phi) is 10.2. The number of aryl methyl sites for hydroxylation is 1. The summed E-state index contributed by atoms with van der Waals surface area (Å²) in [5.74, 6) is -0.487. The second kappa shape index (κ2) is 11.0. The summed E-state index contributed by atoms with van der Waals surface area (Å²) in [5.41, 5.74) is 7.81. The van der Waals surface area contributed by atoms with Crippen molar-refractivity contribution in [3.63, 3.8) is 0 Å². The molecule has 1 aromatic rings. The fraction of sp³-hybridized carbons (Fsp3) is 0.500. The number of nitrogens with two attached hydrogens (primary N) is 1. The number of benzene rings is 1. The van der Waals surface area contributed by atoms with E-state index in [0.29, 0.717) is 13.2 Å². The third kappa shape index (κ3) is 7.45. The van der Waals surface area contributed by atoms with Crippen LogP contribution in [0.25, 0.3) is 0 Å². The quantitative estimate of drug-likeness (QED) is 0.690. The summed E-state index contributed by atoms with van der Waals surface area (Å²) in [4.78, 5) is 25.3. The first-order valence-electron chi connectivity index (χ1n) is 7.28. The first-order chi connectivity index (χ1) is 10.5. The van der Waals surface area contributed by atoms with Crippen molar-refractivity contribution in [2.75, 3.05) is 33.9 Å². The van der Waals surface area contributed by atoms with Gasteiger partial charge >= 0.3 is 0 Å². The second-order valence-electron chi connectivity index (χ2n) is 5.28. The molecule has 1 rings (SSSR count). The number of amides is 2. The van der Waals surface area contributed by atoms with E-state index in [1.165, 1.54) is 4.90 Å². The minimum absolute atomic E-state index is 0. The molecule has 1 aromatic carbocycles. The molecule has 6 nitrogen and oxygen atoms in total. The summed E-state index contributed by atoms with van der Waals surface area (Å²) in [7, 11) is 3.19. The van der Waals surface area contributed by atoms with Gasteiger partial charge in [0.15, 0.2) is 0 Å². The number of nitrogens with zero attached hydrogens (tertiary/aromatic N) is 1. The Bertz CT molecular complexity index is 494. The topological polar surface area (TPSA) is 84.7 Å². The maximum absolute atomic E-state index is 12.2. The molecule has 2 amide bonds.